The normalized spacial score (nSPS) is 16.9. The number of hydrogen-bond acceptors (Lipinski definition) is 3. The van der Waals surface area contributed by atoms with Crippen LogP contribution in [0.1, 0.15) is 74.5 Å². The van der Waals surface area contributed by atoms with Crippen LogP contribution in [0, 0.1) is 0 Å². The van der Waals surface area contributed by atoms with Crippen molar-refractivity contribution in [3.63, 3.8) is 0 Å². The SMILES string of the molecule is CC(C)c1cc(C(=O)NC2CCCCCC2)nc2ccnn12. The molecule has 2 aromatic heterocycles. The van der Waals surface area contributed by atoms with E-state index in [0.717, 1.165) is 24.2 Å². The highest BCUT2D eigenvalue weighted by Crippen LogP contribution is 2.19. The molecular formula is C17H24N4O. The Morgan fingerprint density at radius 2 is 2.00 bits per heavy atom. The highest BCUT2D eigenvalue weighted by atomic mass is 16.1. The summed E-state index contributed by atoms with van der Waals surface area (Å²) in [5.74, 6) is 0.229. The van der Waals surface area contributed by atoms with E-state index in [2.05, 4.69) is 29.2 Å². The van der Waals surface area contributed by atoms with Crippen LogP contribution in [0.15, 0.2) is 18.3 Å². The second-order valence-corrected chi connectivity index (χ2v) is 6.48. The van der Waals surface area contributed by atoms with Crippen LogP contribution < -0.4 is 5.32 Å². The summed E-state index contributed by atoms with van der Waals surface area (Å²) in [4.78, 5) is 17.0. The topological polar surface area (TPSA) is 59.3 Å². The predicted octanol–water partition coefficient (Wildman–Crippen LogP) is 3.31. The zero-order valence-corrected chi connectivity index (χ0v) is 13.4. The van der Waals surface area contributed by atoms with Crippen LogP contribution >= 0.6 is 0 Å². The molecule has 1 amide bonds. The van der Waals surface area contributed by atoms with E-state index in [4.69, 9.17) is 0 Å². The number of hydrogen-bond donors (Lipinski definition) is 1. The molecule has 118 valence electrons. The Morgan fingerprint density at radius 1 is 1.27 bits per heavy atom. The van der Waals surface area contributed by atoms with Crippen molar-refractivity contribution in [3.05, 3.63) is 29.7 Å². The lowest BCUT2D eigenvalue weighted by atomic mass is 10.1. The molecule has 1 aliphatic rings. The summed E-state index contributed by atoms with van der Waals surface area (Å²) in [6, 6.07) is 4.01. The molecular weight excluding hydrogens is 276 g/mol. The largest absolute Gasteiger partial charge is 0.348 e. The molecule has 1 aliphatic carbocycles. The minimum absolute atomic E-state index is 0.0579. The second kappa shape index (κ2) is 6.46. The van der Waals surface area contributed by atoms with Crippen molar-refractivity contribution in [1.82, 2.24) is 19.9 Å². The molecule has 5 heteroatoms. The third-order valence-electron chi connectivity index (χ3n) is 4.40. The number of carbonyl (C=O) groups is 1. The summed E-state index contributed by atoms with van der Waals surface area (Å²) in [5.41, 5.74) is 2.25. The first kappa shape index (κ1) is 15.0. The Morgan fingerprint density at radius 3 is 2.68 bits per heavy atom. The van der Waals surface area contributed by atoms with E-state index in [1.54, 1.807) is 6.20 Å². The third kappa shape index (κ3) is 3.13. The van der Waals surface area contributed by atoms with Crippen molar-refractivity contribution < 1.29 is 4.79 Å². The molecule has 3 rings (SSSR count). The lowest BCUT2D eigenvalue weighted by Crippen LogP contribution is -2.35. The first-order valence-electron chi connectivity index (χ1n) is 8.30. The number of nitrogens with one attached hydrogen (secondary N) is 1. The van der Waals surface area contributed by atoms with Crippen molar-refractivity contribution in [2.24, 2.45) is 0 Å². The van der Waals surface area contributed by atoms with E-state index in [9.17, 15) is 4.79 Å². The number of rotatable bonds is 3. The molecule has 0 unspecified atom stereocenters. The van der Waals surface area contributed by atoms with Gasteiger partial charge in [0.2, 0.25) is 0 Å². The van der Waals surface area contributed by atoms with Gasteiger partial charge in [-0.05, 0) is 24.8 Å². The number of fused-ring (bicyclic) bond motifs is 1. The molecule has 2 heterocycles. The van der Waals surface area contributed by atoms with E-state index in [-0.39, 0.29) is 11.8 Å². The van der Waals surface area contributed by atoms with E-state index >= 15 is 0 Å². The summed E-state index contributed by atoms with van der Waals surface area (Å²) in [6.45, 7) is 4.20. The highest BCUT2D eigenvalue weighted by Gasteiger charge is 2.19. The van der Waals surface area contributed by atoms with E-state index < -0.39 is 0 Å². The smallest absolute Gasteiger partial charge is 0.270 e. The molecule has 1 fully saturated rings. The van der Waals surface area contributed by atoms with Crippen molar-refractivity contribution in [1.29, 1.82) is 0 Å². The maximum Gasteiger partial charge on any atom is 0.270 e. The molecule has 0 saturated heterocycles. The Labute approximate surface area is 131 Å². The van der Waals surface area contributed by atoms with Crippen LogP contribution in [0.2, 0.25) is 0 Å². The second-order valence-electron chi connectivity index (χ2n) is 6.48. The summed E-state index contributed by atoms with van der Waals surface area (Å²) in [7, 11) is 0. The van der Waals surface area contributed by atoms with Gasteiger partial charge in [-0.3, -0.25) is 4.79 Å². The van der Waals surface area contributed by atoms with Gasteiger partial charge in [0.15, 0.2) is 5.65 Å². The van der Waals surface area contributed by atoms with Gasteiger partial charge in [0.25, 0.3) is 5.91 Å². The van der Waals surface area contributed by atoms with Gasteiger partial charge in [-0.2, -0.15) is 5.10 Å². The average Bonchev–Trinajstić information content (AvgIpc) is 2.83. The Hall–Kier alpha value is -1.91. The molecule has 0 aliphatic heterocycles. The lowest BCUT2D eigenvalue weighted by Gasteiger charge is -2.17. The number of nitrogens with zero attached hydrogens (tertiary/aromatic N) is 3. The van der Waals surface area contributed by atoms with Crippen LogP contribution in [0.5, 0.6) is 0 Å². The van der Waals surface area contributed by atoms with E-state index in [1.165, 1.54) is 25.7 Å². The van der Waals surface area contributed by atoms with Gasteiger partial charge in [-0.15, -0.1) is 0 Å². The standard InChI is InChI=1S/C17H24N4O/c1-12(2)15-11-14(20-16-9-10-18-21(15)16)17(22)19-13-7-5-3-4-6-8-13/h9-13H,3-8H2,1-2H3,(H,19,22). The highest BCUT2D eigenvalue weighted by molar-refractivity contribution is 5.93. The summed E-state index contributed by atoms with van der Waals surface area (Å²) >= 11 is 0. The first-order valence-corrected chi connectivity index (χ1v) is 8.30. The van der Waals surface area contributed by atoms with Crippen LogP contribution in [-0.4, -0.2) is 26.5 Å². The summed E-state index contributed by atoms with van der Waals surface area (Å²) in [5, 5.41) is 7.46. The van der Waals surface area contributed by atoms with Gasteiger partial charge < -0.3 is 5.32 Å². The number of amides is 1. The fourth-order valence-corrected chi connectivity index (χ4v) is 3.15. The van der Waals surface area contributed by atoms with Gasteiger partial charge in [-0.25, -0.2) is 9.50 Å². The average molecular weight is 300 g/mol. The van der Waals surface area contributed by atoms with Gasteiger partial charge >= 0.3 is 0 Å². The summed E-state index contributed by atoms with van der Waals surface area (Å²) in [6.07, 6.45) is 8.86. The fourth-order valence-electron chi connectivity index (χ4n) is 3.15. The Bertz CT molecular complexity index is 654. The van der Waals surface area contributed by atoms with Crippen LogP contribution in [-0.2, 0) is 0 Å². The van der Waals surface area contributed by atoms with Gasteiger partial charge in [-0.1, -0.05) is 39.5 Å². The maximum absolute atomic E-state index is 12.6. The molecule has 1 N–H and O–H groups in total. The third-order valence-corrected chi connectivity index (χ3v) is 4.40. The number of aromatic nitrogens is 3. The van der Waals surface area contributed by atoms with Crippen molar-refractivity contribution in [2.45, 2.75) is 64.3 Å². The van der Waals surface area contributed by atoms with E-state index in [1.807, 2.05) is 16.6 Å². The van der Waals surface area contributed by atoms with Gasteiger partial charge in [0, 0.05) is 17.8 Å². The molecule has 0 spiro atoms. The molecule has 2 aromatic rings. The molecule has 22 heavy (non-hydrogen) atoms. The maximum atomic E-state index is 12.6. The molecule has 5 nitrogen and oxygen atoms in total. The molecule has 0 radical (unpaired) electrons. The Kier molecular flexibility index (Phi) is 4.41. The minimum Gasteiger partial charge on any atom is -0.348 e. The van der Waals surface area contributed by atoms with Crippen LogP contribution in [0.4, 0.5) is 0 Å². The fraction of sp³-hybridized carbons (Fsp3) is 0.588. The van der Waals surface area contributed by atoms with Gasteiger partial charge in [0.1, 0.15) is 5.69 Å². The zero-order valence-electron chi connectivity index (χ0n) is 13.4. The minimum atomic E-state index is -0.0579. The van der Waals surface area contributed by atoms with Crippen molar-refractivity contribution in [3.8, 4) is 0 Å². The number of carbonyl (C=O) groups excluding carboxylic acids is 1. The molecule has 0 aromatic carbocycles. The quantitative estimate of drug-likeness (QED) is 0.885. The van der Waals surface area contributed by atoms with Crippen molar-refractivity contribution >= 4 is 11.6 Å². The zero-order chi connectivity index (χ0) is 15.5. The summed E-state index contributed by atoms with van der Waals surface area (Å²) < 4.78 is 1.81. The van der Waals surface area contributed by atoms with Gasteiger partial charge in [0.05, 0.1) is 6.20 Å². The molecule has 1 saturated carbocycles. The predicted molar refractivity (Wildman–Crippen MR) is 86.0 cm³/mol. The van der Waals surface area contributed by atoms with E-state index in [0.29, 0.717) is 11.7 Å². The molecule has 0 atom stereocenters. The van der Waals surface area contributed by atoms with Crippen molar-refractivity contribution in [2.75, 3.05) is 0 Å². The molecule has 0 bridgehead atoms. The van der Waals surface area contributed by atoms with Crippen LogP contribution in [0.3, 0.4) is 0 Å². The Balaban J connectivity index is 1.83. The first-order chi connectivity index (χ1) is 10.6. The monoisotopic (exact) mass is 300 g/mol. The van der Waals surface area contributed by atoms with Crippen LogP contribution in [0.25, 0.3) is 5.65 Å². The lowest BCUT2D eigenvalue weighted by molar-refractivity contribution is 0.0928.